The fraction of sp³-hybridized carbons (Fsp3) is 0.571. The average molecular weight is 403 g/mol. The van der Waals surface area contributed by atoms with Crippen LogP contribution in [0, 0.1) is 19.8 Å². The zero-order chi connectivity index (χ0) is 20.1. The molecule has 1 saturated carbocycles. The maximum atomic E-state index is 12.3. The number of aromatic nitrogens is 3. The first-order chi connectivity index (χ1) is 13.5. The van der Waals surface area contributed by atoms with Gasteiger partial charge in [0.2, 0.25) is 5.91 Å². The van der Waals surface area contributed by atoms with Gasteiger partial charge in [-0.2, -0.15) is 0 Å². The zero-order valence-electron chi connectivity index (χ0n) is 17.2. The predicted molar refractivity (Wildman–Crippen MR) is 112 cm³/mol. The third-order valence-electron chi connectivity index (χ3n) is 5.47. The molecular weight excluding hydrogens is 372 g/mol. The minimum absolute atomic E-state index is 0.0695. The van der Waals surface area contributed by atoms with Gasteiger partial charge in [-0.05, 0) is 43.7 Å². The summed E-state index contributed by atoms with van der Waals surface area (Å²) in [5.41, 5.74) is 2.20. The molecule has 1 aromatic heterocycles. The number of hydrogen-bond donors (Lipinski definition) is 1. The number of rotatable bonds is 7. The third-order valence-corrected chi connectivity index (χ3v) is 6.49. The number of thioether (sulfide) groups is 1. The molecule has 1 heterocycles. The van der Waals surface area contributed by atoms with Gasteiger partial charge in [-0.3, -0.25) is 4.79 Å². The number of benzene rings is 1. The molecule has 28 heavy (non-hydrogen) atoms. The number of amides is 1. The molecule has 0 radical (unpaired) electrons. The Morgan fingerprint density at radius 2 is 1.96 bits per heavy atom. The Balaban J connectivity index is 1.52. The van der Waals surface area contributed by atoms with Crippen LogP contribution in [0.3, 0.4) is 0 Å². The first kappa shape index (κ1) is 20.7. The van der Waals surface area contributed by atoms with E-state index < -0.39 is 0 Å². The smallest absolute Gasteiger partial charge is 0.230 e. The van der Waals surface area contributed by atoms with Crippen molar-refractivity contribution in [2.75, 3.05) is 5.75 Å². The molecule has 0 unspecified atom stereocenters. The molecule has 1 amide bonds. The van der Waals surface area contributed by atoms with Crippen LogP contribution in [-0.2, 0) is 18.4 Å². The molecule has 2 atom stereocenters. The van der Waals surface area contributed by atoms with Crippen molar-refractivity contribution in [2.45, 2.75) is 64.3 Å². The Labute approximate surface area is 171 Å². The lowest BCUT2D eigenvalue weighted by Gasteiger charge is -2.29. The van der Waals surface area contributed by atoms with Gasteiger partial charge in [0.05, 0.1) is 5.75 Å². The van der Waals surface area contributed by atoms with Crippen LogP contribution in [0.15, 0.2) is 23.4 Å². The molecular formula is C21H30N4O2S. The lowest BCUT2D eigenvalue weighted by molar-refractivity contribution is -0.119. The van der Waals surface area contributed by atoms with Crippen molar-refractivity contribution in [1.29, 1.82) is 0 Å². The van der Waals surface area contributed by atoms with Gasteiger partial charge in [0.15, 0.2) is 11.0 Å². The van der Waals surface area contributed by atoms with Gasteiger partial charge < -0.3 is 14.6 Å². The molecule has 1 fully saturated rings. The summed E-state index contributed by atoms with van der Waals surface area (Å²) in [7, 11) is 1.91. The summed E-state index contributed by atoms with van der Waals surface area (Å²) in [4.78, 5) is 12.3. The number of carbonyl (C=O) groups is 1. The molecule has 1 N–H and O–H groups in total. The van der Waals surface area contributed by atoms with E-state index in [-0.39, 0.29) is 5.91 Å². The monoisotopic (exact) mass is 402 g/mol. The van der Waals surface area contributed by atoms with Crippen LogP contribution in [0.2, 0.25) is 0 Å². The number of carbonyl (C=O) groups excluding carboxylic acids is 1. The zero-order valence-corrected chi connectivity index (χ0v) is 18.0. The average Bonchev–Trinajstić information content (AvgIpc) is 3.01. The van der Waals surface area contributed by atoms with Crippen LogP contribution in [0.4, 0.5) is 0 Å². The summed E-state index contributed by atoms with van der Waals surface area (Å²) in [6, 6.07) is 6.40. The second-order valence-electron chi connectivity index (χ2n) is 7.69. The standard InChI is InChI=1S/C21H30N4O2S/c1-14-8-5-6-11-17(14)22-19(26)13-28-21-24-23-18(25(21)4)12-27-20-15(2)9-7-10-16(20)3/h7,9-10,14,17H,5-6,8,11-13H2,1-4H3,(H,22,26)/t14-,17-/m0/s1. The number of hydrogen-bond acceptors (Lipinski definition) is 5. The highest BCUT2D eigenvalue weighted by Gasteiger charge is 2.23. The van der Waals surface area contributed by atoms with E-state index in [0.29, 0.717) is 24.3 Å². The van der Waals surface area contributed by atoms with E-state index >= 15 is 0 Å². The van der Waals surface area contributed by atoms with Gasteiger partial charge in [-0.1, -0.05) is 49.7 Å². The first-order valence-electron chi connectivity index (χ1n) is 9.95. The van der Waals surface area contributed by atoms with E-state index in [1.165, 1.54) is 31.0 Å². The van der Waals surface area contributed by atoms with Gasteiger partial charge in [0.25, 0.3) is 0 Å². The molecule has 0 saturated heterocycles. The SMILES string of the molecule is Cc1cccc(C)c1OCc1nnc(SCC(=O)N[C@H]2CCCC[C@@H]2C)n1C. The Hall–Kier alpha value is -2.02. The summed E-state index contributed by atoms with van der Waals surface area (Å²) in [6.07, 6.45) is 4.76. The van der Waals surface area contributed by atoms with E-state index in [0.717, 1.165) is 34.3 Å². The molecule has 1 aliphatic rings. The van der Waals surface area contributed by atoms with Crippen LogP contribution in [0.5, 0.6) is 5.75 Å². The maximum Gasteiger partial charge on any atom is 0.230 e. The Bertz CT molecular complexity index is 800. The van der Waals surface area contributed by atoms with Crippen molar-refractivity contribution in [3.8, 4) is 5.75 Å². The van der Waals surface area contributed by atoms with Gasteiger partial charge in [-0.25, -0.2) is 0 Å². The fourth-order valence-corrected chi connectivity index (χ4v) is 4.41. The highest BCUT2D eigenvalue weighted by atomic mass is 32.2. The second-order valence-corrected chi connectivity index (χ2v) is 8.63. The molecule has 1 aromatic carbocycles. The maximum absolute atomic E-state index is 12.3. The summed E-state index contributed by atoms with van der Waals surface area (Å²) < 4.78 is 7.87. The van der Waals surface area contributed by atoms with Gasteiger partial charge >= 0.3 is 0 Å². The molecule has 0 bridgehead atoms. The highest BCUT2D eigenvalue weighted by Crippen LogP contribution is 2.25. The van der Waals surface area contributed by atoms with Crippen molar-refractivity contribution in [2.24, 2.45) is 13.0 Å². The Kier molecular flexibility index (Phi) is 6.99. The lowest BCUT2D eigenvalue weighted by atomic mass is 9.86. The van der Waals surface area contributed by atoms with Crippen molar-refractivity contribution in [3.05, 3.63) is 35.2 Å². The van der Waals surface area contributed by atoms with E-state index in [1.54, 1.807) is 0 Å². The van der Waals surface area contributed by atoms with Gasteiger partial charge in [0, 0.05) is 13.1 Å². The van der Waals surface area contributed by atoms with Crippen LogP contribution < -0.4 is 10.1 Å². The quantitative estimate of drug-likeness (QED) is 0.714. The van der Waals surface area contributed by atoms with Crippen molar-refractivity contribution in [1.82, 2.24) is 20.1 Å². The Morgan fingerprint density at radius 3 is 2.68 bits per heavy atom. The summed E-state index contributed by atoms with van der Waals surface area (Å²) >= 11 is 1.42. The molecule has 3 rings (SSSR count). The van der Waals surface area contributed by atoms with Gasteiger partial charge in [0.1, 0.15) is 12.4 Å². The largest absolute Gasteiger partial charge is 0.485 e. The summed E-state index contributed by atoms with van der Waals surface area (Å²) in [5, 5.41) is 12.4. The number of para-hydroxylation sites is 1. The fourth-order valence-electron chi connectivity index (χ4n) is 3.67. The third kappa shape index (κ3) is 5.07. The molecule has 1 aliphatic carbocycles. The van der Waals surface area contributed by atoms with Crippen molar-refractivity contribution >= 4 is 17.7 Å². The topological polar surface area (TPSA) is 69.0 Å². The lowest BCUT2D eigenvalue weighted by Crippen LogP contribution is -2.41. The number of nitrogens with one attached hydrogen (secondary N) is 1. The summed E-state index contributed by atoms with van der Waals surface area (Å²) in [6.45, 7) is 6.64. The highest BCUT2D eigenvalue weighted by molar-refractivity contribution is 7.99. The Morgan fingerprint density at radius 1 is 1.25 bits per heavy atom. The minimum Gasteiger partial charge on any atom is -0.485 e. The normalized spacial score (nSPS) is 19.4. The van der Waals surface area contributed by atoms with E-state index in [2.05, 4.69) is 22.4 Å². The van der Waals surface area contributed by atoms with Crippen LogP contribution in [0.1, 0.15) is 49.6 Å². The molecule has 0 aliphatic heterocycles. The van der Waals surface area contributed by atoms with Crippen molar-refractivity contribution < 1.29 is 9.53 Å². The van der Waals surface area contributed by atoms with E-state index in [1.807, 2.05) is 43.7 Å². The molecule has 152 valence electrons. The van der Waals surface area contributed by atoms with E-state index in [9.17, 15) is 4.79 Å². The minimum atomic E-state index is 0.0695. The van der Waals surface area contributed by atoms with Crippen LogP contribution in [0.25, 0.3) is 0 Å². The van der Waals surface area contributed by atoms with E-state index in [4.69, 9.17) is 4.74 Å². The van der Waals surface area contributed by atoms with Crippen LogP contribution >= 0.6 is 11.8 Å². The molecule has 0 spiro atoms. The number of ether oxygens (including phenoxy) is 1. The first-order valence-corrected chi connectivity index (χ1v) is 10.9. The number of nitrogens with zero attached hydrogens (tertiary/aromatic N) is 3. The molecule has 2 aromatic rings. The molecule has 7 heteroatoms. The van der Waals surface area contributed by atoms with Gasteiger partial charge in [-0.15, -0.1) is 10.2 Å². The summed E-state index contributed by atoms with van der Waals surface area (Å²) in [5.74, 6) is 2.62. The number of aryl methyl sites for hydroxylation is 2. The van der Waals surface area contributed by atoms with Crippen LogP contribution in [-0.4, -0.2) is 32.5 Å². The predicted octanol–water partition coefficient (Wildman–Crippen LogP) is 3.80. The molecule has 6 nitrogen and oxygen atoms in total. The van der Waals surface area contributed by atoms with Crippen molar-refractivity contribution in [3.63, 3.8) is 0 Å². The second kappa shape index (κ2) is 9.45.